The third-order valence-corrected chi connectivity index (χ3v) is 0. The Morgan fingerprint density at radius 2 is 2.00 bits per heavy atom. The van der Waals surface area contributed by atoms with Gasteiger partial charge in [-0.15, -0.1) is 0 Å². The normalized spacial score (nSPS) is 6.25. The van der Waals surface area contributed by atoms with E-state index in [0.717, 1.165) is 0 Å². The van der Waals surface area contributed by atoms with Crippen LogP contribution in [0.4, 0.5) is 0 Å². The first-order valence-electron chi connectivity index (χ1n) is 1.06. The van der Waals surface area contributed by atoms with Crippen molar-refractivity contribution in [1.82, 2.24) is 0 Å². The largest absolute Gasteiger partial charge is 0.296 e. The molecule has 0 N–H and O–H groups in total. The van der Waals surface area contributed by atoms with Crippen molar-refractivity contribution >= 4 is 0 Å². The van der Waals surface area contributed by atoms with E-state index < -0.39 is 0 Å². The van der Waals surface area contributed by atoms with E-state index in [1.807, 2.05) is 0 Å². The number of allylic oxidation sites excluding steroid dienone is 1. The molecule has 0 aromatic carbocycles. The van der Waals surface area contributed by atoms with Crippen LogP contribution >= 0.6 is 0 Å². The highest BCUT2D eigenvalue weighted by Gasteiger charge is 1.60. The Morgan fingerprint density at radius 1 is 2.00 bits per heavy atom. The lowest BCUT2D eigenvalue weighted by atomic mass is 10.7. The molecule has 0 aromatic rings. The quantitative estimate of drug-likeness (QED) is 0.369. The molecule has 1 radical (unpaired) electrons. The van der Waals surface area contributed by atoms with Crippen LogP contribution < -0.4 is 0 Å². The molecule has 1 nitrogen and oxygen atoms in total. The number of hydrogen-bond acceptors (Lipinski definition) is 0. The summed E-state index contributed by atoms with van der Waals surface area (Å²) < 4.78 is 0. The lowest BCUT2D eigenvalue weighted by Gasteiger charge is -1.59. The minimum atomic E-state index is -0.0833. The van der Waals surface area contributed by atoms with Crippen LogP contribution in [-0.2, 0) is 5.11 Å². The summed E-state index contributed by atoms with van der Waals surface area (Å²) in [4.78, 5) is 0. The van der Waals surface area contributed by atoms with Gasteiger partial charge in [0.1, 0.15) is 5.76 Å². The molecule has 0 amide bonds. The van der Waals surface area contributed by atoms with Crippen LogP contribution in [0.1, 0.15) is 6.92 Å². The topological polar surface area (TPSA) is 19.9 Å². The van der Waals surface area contributed by atoms with Gasteiger partial charge in [-0.05, 0) is 6.92 Å². The lowest BCUT2D eigenvalue weighted by Crippen LogP contribution is -1.49. The predicted molar refractivity (Wildman–Crippen MR) is 15.5 cm³/mol. The molecule has 4 heavy (non-hydrogen) atoms. The van der Waals surface area contributed by atoms with Gasteiger partial charge >= 0.3 is 0 Å². The van der Waals surface area contributed by atoms with Crippen LogP contribution in [0, 0.1) is 0 Å². The number of rotatable bonds is 0. The van der Waals surface area contributed by atoms with E-state index in [0.29, 0.717) is 0 Å². The fraction of sp³-hybridized carbons (Fsp3) is 0.333. The molecule has 0 unspecified atom stereocenters. The smallest absolute Gasteiger partial charge is 0.145 e. The van der Waals surface area contributed by atoms with E-state index in [2.05, 4.69) is 6.58 Å². The van der Waals surface area contributed by atoms with Gasteiger partial charge in [0.25, 0.3) is 0 Å². The van der Waals surface area contributed by atoms with Crippen molar-refractivity contribution in [2.45, 2.75) is 6.92 Å². The van der Waals surface area contributed by atoms with Crippen molar-refractivity contribution in [3.8, 4) is 0 Å². The first-order chi connectivity index (χ1) is 1.73. The molecule has 23 valence electrons. The second kappa shape index (κ2) is 0.934. The Balaban J connectivity index is 2.80. The summed E-state index contributed by atoms with van der Waals surface area (Å²) in [5.74, 6) is -0.0833. The standard InChI is InChI=1S/C3H5O/c1-3(2)4/h1H2,2H3. The van der Waals surface area contributed by atoms with Gasteiger partial charge in [-0.3, -0.25) is 5.11 Å². The molecule has 0 rings (SSSR count). The first kappa shape index (κ1) is 3.54. The number of hydrogen-bond donors (Lipinski definition) is 0. The van der Waals surface area contributed by atoms with Crippen LogP contribution in [0.2, 0.25) is 0 Å². The Kier molecular flexibility index (Phi) is 0.826. The van der Waals surface area contributed by atoms with Crippen molar-refractivity contribution in [3.63, 3.8) is 0 Å². The lowest BCUT2D eigenvalue weighted by molar-refractivity contribution is 0.302. The summed E-state index contributed by atoms with van der Waals surface area (Å²) >= 11 is 0. The molecule has 1 heteroatoms. The summed E-state index contributed by atoms with van der Waals surface area (Å²) in [6.07, 6.45) is 0. The maximum absolute atomic E-state index is 9.33. The van der Waals surface area contributed by atoms with Gasteiger partial charge in [0.05, 0.1) is 0 Å². The zero-order valence-corrected chi connectivity index (χ0v) is 2.62. The molecule has 0 aliphatic carbocycles. The van der Waals surface area contributed by atoms with Crippen molar-refractivity contribution < 1.29 is 5.11 Å². The molecular weight excluding hydrogens is 52.0 g/mol. The fourth-order valence-corrected chi connectivity index (χ4v) is 0. The second-order valence-electron chi connectivity index (χ2n) is 0.702. The predicted octanol–water partition coefficient (Wildman–Crippen LogP) is 0.950. The average molecular weight is 57.1 g/mol. The summed E-state index contributed by atoms with van der Waals surface area (Å²) in [7, 11) is 0. The van der Waals surface area contributed by atoms with Gasteiger partial charge in [-0.2, -0.15) is 0 Å². The highest BCUT2D eigenvalue weighted by Crippen LogP contribution is 1.69. The van der Waals surface area contributed by atoms with Gasteiger partial charge in [0.2, 0.25) is 0 Å². The Hall–Kier alpha value is -0.460. The van der Waals surface area contributed by atoms with Gasteiger partial charge in [0.15, 0.2) is 0 Å². The van der Waals surface area contributed by atoms with Gasteiger partial charge in [0, 0.05) is 0 Å². The fourth-order valence-electron chi connectivity index (χ4n) is 0. The SMILES string of the molecule is C=C(C)[O]. The third-order valence-electron chi connectivity index (χ3n) is 0. The van der Waals surface area contributed by atoms with E-state index >= 15 is 0 Å². The van der Waals surface area contributed by atoms with Gasteiger partial charge in [-0.1, -0.05) is 6.58 Å². The Labute approximate surface area is 25.6 Å². The Bertz CT molecular complexity index is 26.3. The molecule has 0 spiro atoms. The summed E-state index contributed by atoms with van der Waals surface area (Å²) in [5, 5.41) is 9.33. The van der Waals surface area contributed by atoms with E-state index in [1.165, 1.54) is 6.92 Å². The molecule has 0 aliphatic rings. The van der Waals surface area contributed by atoms with Crippen molar-refractivity contribution in [1.29, 1.82) is 0 Å². The molecular formula is C3H5O. The van der Waals surface area contributed by atoms with Crippen LogP contribution in [-0.4, -0.2) is 0 Å². The zero-order chi connectivity index (χ0) is 3.58. The van der Waals surface area contributed by atoms with Crippen LogP contribution in [0.15, 0.2) is 12.3 Å². The second-order valence-corrected chi connectivity index (χ2v) is 0.702. The van der Waals surface area contributed by atoms with Crippen molar-refractivity contribution in [2.75, 3.05) is 0 Å². The average Bonchev–Trinajstić information content (AvgIpc) is 0.811. The zero-order valence-electron chi connectivity index (χ0n) is 2.62. The highest BCUT2D eigenvalue weighted by atomic mass is 16.3. The van der Waals surface area contributed by atoms with E-state index in [4.69, 9.17) is 0 Å². The molecule has 0 atom stereocenters. The van der Waals surface area contributed by atoms with Crippen molar-refractivity contribution in [3.05, 3.63) is 12.3 Å². The maximum Gasteiger partial charge on any atom is 0.145 e. The Morgan fingerprint density at radius 3 is 2.00 bits per heavy atom. The van der Waals surface area contributed by atoms with Crippen LogP contribution in [0.3, 0.4) is 0 Å². The summed E-state index contributed by atoms with van der Waals surface area (Å²) in [6.45, 7) is 4.42. The van der Waals surface area contributed by atoms with Crippen molar-refractivity contribution in [2.24, 2.45) is 0 Å². The molecule has 0 aromatic heterocycles. The van der Waals surface area contributed by atoms with Crippen LogP contribution in [0.5, 0.6) is 0 Å². The monoisotopic (exact) mass is 57.0 g/mol. The molecule has 0 fully saturated rings. The van der Waals surface area contributed by atoms with Gasteiger partial charge < -0.3 is 0 Å². The summed E-state index contributed by atoms with van der Waals surface area (Å²) in [5.41, 5.74) is 0. The summed E-state index contributed by atoms with van der Waals surface area (Å²) in [6, 6.07) is 0. The molecule has 0 heterocycles. The van der Waals surface area contributed by atoms with E-state index in [-0.39, 0.29) is 5.76 Å². The van der Waals surface area contributed by atoms with E-state index in [9.17, 15) is 5.11 Å². The molecule has 0 aliphatic heterocycles. The third kappa shape index (κ3) is 2.12. The van der Waals surface area contributed by atoms with Crippen LogP contribution in [0.25, 0.3) is 0 Å². The van der Waals surface area contributed by atoms with Gasteiger partial charge in [-0.25, -0.2) is 0 Å². The first-order valence-corrected chi connectivity index (χ1v) is 1.06. The molecule has 0 saturated heterocycles. The minimum absolute atomic E-state index is 0.0833. The van der Waals surface area contributed by atoms with E-state index in [1.54, 1.807) is 0 Å². The minimum Gasteiger partial charge on any atom is -0.296 e. The molecule has 0 saturated carbocycles. The maximum atomic E-state index is 9.33. The highest BCUT2D eigenvalue weighted by molar-refractivity contribution is 4.66. The molecule has 0 bridgehead atoms.